The van der Waals surface area contributed by atoms with Gasteiger partial charge in [-0.1, -0.05) is 36.4 Å². The molecule has 6 nitrogen and oxygen atoms in total. The summed E-state index contributed by atoms with van der Waals surface area (Å²) in [4.78, 5) is 28.3. The number of imidazole rings is 1. The number of aliphatic imine (C=N–C) groups is 1. The quantitative estimate of drug-likeness (QED) is 0.317. The van der Waals surface area contributed by atoms with E-state index >= 15 is 0 Å². The van der Waals surface area contributed by atoms with Crippen LogP contribution in [0.1, 0.15) is 119 Å². The number of H-pyrrole nitrogens is 1. The van der Waals surface area contributed by atoms with Crippen molar-refractivity contribution in [1.29, 1.82) is 0 Å². The molecule has 2 aliphatic heterocycles. The summed E-state index contributed by atoms with van der Waals surface area (Å²) < 4.78 is 5.74. The number of allylic oxidation sites excluding steroid dienone is 1. The maximum absolute atomic E-state index is 13.0. The molecule has 3 aromatic rings. The van der Waals surface area contributed by atoms with Gasteiger partial charge in [0.25, 0.3) is 0 Å². The molecule has 3 heterocycles. The molecular weight excluding hydrogens is 556 g/mol. The van der Waals surface area contributed by atoms with Gasteiger partial charge in [0.1, 0.15) is 11.4 Å². The molecule has 0 spiro atoms. The number of carbonyl (C=O) groups excluding carboxylic acids is 1. The van der Waals surface area contributed by atoms with Crippen LogP contribution in [0.5, 0.6) is 0 Å². The molecule has 1 N–H and O–H groups in total. The van der Waals surface area contributed by atoms with E-state index in [4.69, 9.17) is 14.7 Å². The van der Waals surface area contributed by atoms with Crippen LogP contribution in [0.15, 0.2) is 53.8 Å². The van der Waals surface area contributed by atoms with E-state index in [-0.39, 0.29) is 12.1 Å². The zero-order valence-electron chi connectivity index (χ0n) is 26.8. The van der Waals surface area contributed by atoms with E-state index in [1.54, 1.807) is 11.1 Å². The Morgan fingerprint density at radius 3 is 2.33 bits per heavy atom. The first-order valence-corrected chi connectivity index (χ1v) is 17.4. The van der Waals surface area contributed by atoms with Crippen LogP contribution in [0, 0.1) is 11.8 Å². The minimum Gasteiger partial charge on any atom is -0.444 e. The van der Waals surface area contributed by atoms with Crippen LogP contribution in [0.2, 0.25) is 0 Å². The molecule has 4 fully saturated rings. The van der Waals surface area contributed by atoms with Crippen molar-refractivity contribution < 1.29 is 9.53 Å². The Labute approximate surface area is 266 Å². The van der Waals surface area contributed by atoms with Gasteiger partial charge in [0.2, 0.25) is 0 Å². The Hall–Kier alpha value is -3.67. The van der Waals surface area contributed by atoms with Gasteiger partial charge < -0.3 is 9.72 Å². The second-order valence-corrected chi connectivity index (χ2v) is 15.7. The van der Waals surface area contributed by atoms with E-state index in [1.807, 2.05) is 31.9 Å². The molecule has 1 saturated heterocycles. The summed E-state index contributed by atoms with van der Waals surface area (Å²) in [6.07, 6.45) is 14.6. The lowest BCUT2D eigenvalue weighted by molar-refractivity contribution is 0.0265. The third-order valence-corrected chi connectivity index (χ3v) is 11.6. The number of aromatic amines is 1. The molecule has 4 aliphatic carbocycles. The average molecular weight is 601 g/mol. The summed E-state index contributed by atoms with van der Waals surface area (Å²) in [6, 6.07) is 13.9. The molecule has 6 heteroatoms. The molecule has 3 saturated carbocycles. The molecule has 2 bridgehead atoms. The highest BCUT2D eigenvalue weighted by Gasteiger charge is 2.47. The summed E-state index contributed by atoms with van der Waals surface area (Å²) >= 11 is 0. The smallest absolute Gasteiger partial charge is 0.410 e. The highest BCUT2D eigenvalue weighted by Crippen LogP contribution is 2.58. The molecule has 45 heavy (non-hydrogen) atoms. The maximum Gasteiger partial charge on any atom is 0.410 e. The number of nitrogens with one attached hydrogen (secondary N) is 1. The largest absolute Gasteiger partial charge is 0.444 e. The first kappa shape index (κ1) is 27.6. The van der Waals surface area contributed by atoms with E-state index in [9.17, 15) is 4.79 Å². The van der Waals surface area contributed by atoms with Gasteiger partial charge in [0, 0.05) is 30.8 Å². The molecule has 1 amide bonds. The van der Waals surface area contributed by atoms with Crippen LogP contribution in [-0.4, -0.2) is 44.9 Å². The molecule has 1 aromatic heterocycles. The van der Waals surface area contributed by atoms with Gasteiger partial charge in [-0.05, 0) is 135 Å². The van der Waals surface area contributed by atoms with Crippen molar-refractivity contribution >= 4 is 17.4 Å². The van der Waals surface area contributed by atoms with Gasteiger partial charge in [-0.2, -0.15) is 0 Å². The SMILES string of the molecule is CC(C)(C)OC(=O)N1CCCC1C1=NC=C(c2ccc(-c3ccc(-c4cnc(C5CC6CC6C5)[nH]4)cc3)c3c2C2CCC3C2)C1. The molecule has 6 aliphatic rings. The summed E-state index contributed by atoms with van der Waals surface area (Å²) in [5.41, 5.74) is 11.5. The van der Waals surface area contributed by atoms with Gasteiger partial charge in [0.05, 0.1) is 17.9 Å². The number of aromatic nitrogens is 2. The van der Waals surface area contributed by atoms with Gasteiger partial charge in [-0.3, -0.25) is 9.89 Å². The van der Waals surface area contributed by atoms with E-state index in [0.29, 0.717) is 17.8 Å². The highest BCUT2D eigenvalue weighted by atomic mass is 16.6. The minimum absolute atomic E-state index is 0.0330. The number of likely N-dealkylation sites (tertiary alicyclic amines) is 1. The Kier molecular flexibility index (Phi) is 6.24. The number of rotatable bonds is 5. The average Bonchev–Trinajstić information content (AvgIpc) is 3.77. The van der Waals surface area contributed by atoms with Crippen molar-refractivity contribution in [2.24, 2.45) is 16.8 Å². The number of fused-ring (bicyclic) bond motifs is 6. The lowest BCUT2D eigenvalue weighted by Crippen LogP contribution is -2.43. The summed E-state index contributed by atoms with van der Waals surface area (Å²) in [6.45, 7) is 6.54. The zero-order chi connectivity index (χ0) is 30.4. The summed E-state index contributed by atoms with van der Waals surface area (Å²) in [5.74, 6) is 5.02. The van der Waals surface area contributed by atoms with Crippen LogP contribution in [-0.2, 0) is 4.74 Å². The topological polar surface area (TPSA) is 70.6 Å². The van der Waals surface area contributed by atoms with E-state index in [2.05, 4.69) is 47.6 Å². The van der Waals surface area contributed by atoms with Crippen molar-refractivity contribution in [2.75, 3.05) is 6.54 Å². The fourth-order valence-corrected chi connectivity index (χ4v) is 9.48. The third-order valence-electron chi connectivity index (χ3n) is 11.6. The van der Waals surface area contributed by atoms with Crippen LogP contribution in [0.4, 0.5) is 4.79 Å². The number of amides is 1. The normalized spacial score (nSPS) is 29.5. The van der Waals surface area contributed by atoms with Crippen molar-refractivity contribution in [1.82, 2.24) is 14.9 Å². The molecule has 5 unspecified atom stereocenters. The standard InChI is InChI=1S/C39H44N4O2/c1-39(2,3)45-38(44)43-14-4-5-34(43)32-19-29(20-40-32)31-13-12-30(35-24-10-11-25(15-24)36(31)35)22-6-8-23(9-7-22)33-21-41-37(42-33)28-17-26-16-27(26)18-28/h6-9,12-13,20-21,24-28,34H,4-5,10-11,14-19H2,1-3H3,(H,41,42). The molecule has 0 radical (unpaired) electrons. The molecular formula is C39H44N4O2. The number of nitrogens with zero attached hydrogens (tertiary/aromatic N) is 3. The summed E-state index contributed by atoms with van der Waals surface area (Å²) in [5, 5.41) is 0. The Morgan fingerprint density at radius 2 is 1.58 bits per heavy atom. The third kappa shape index (κ3) is 4.78. The van der Waals surface area contributed by atoms with Crippen LogP contribution in [0.25, 0.3) is 28.0 Å². The fourth-order valence-electron chi connectivity index (χ4n) is 9.48. The van der Waals surface area contributed by atoms with E-state index in [1.165, 1.54) is 72.2 Å². The molecule has 9 rings (SSSR count). The Balaban J connectivity index is 0.955. The number of ether oxygens (including phenoxy) is 1. The lowest BCUT2D eigenvalue weighted by atomic mass is 9.81. The molecule has 232 valence electrons. The first-order valence-electron chi connectivity index (χ1n) is 17.4. The van der Waals surface area contributed by atoms with Crippen molar-refractivity contribution in [3.8, 4) is 22.4 Å². The van der Waals surface area contributed by atoms with Gasteiger partial charge in [-0.25, -0.2) is 9.78 Å². The summed E-state index contributed by atoms with van der Waals surface area (Å²) in [7, 11) is 0. The lowest BCUT2D eigenvalue weighted by Gasteiger charge is -2.29. The number of hydrogen-bond donors (Lipinski definition) is 1. The second kappa shape index (κ2) is 10.2. The predicted molar refractivity (Wildman–Crippen MR) is 178 cm³/mol. The van der Waals surface area contributed by atoms with Crippen molar-refractivity contribution in [3.63, 3.8) is 0 Å². The second-order valence-electron chi connectivity index (χ2n) is 15.7. The molecule has 5 atom stereocenters. The van der Waals surface area contributed by atoms with Gasteiger partial charge in [0.15, 0.2) is 0 Å². The number of hydrogen-bond acceptors (Lipinski definition) is 4. The Bertz CT molecular complexity index is 1730. The van der Waals surface area contributed by atoms with Gasteiger partial charge >= 0.3 is 6.09 Å². The fraction of sp³-hybridized carbons (Fsp3) is 0.513. The Morgan fingerprint density at radius 1 is 0.867 bits per heavy atom. The highest BCUT2D eigenvalue weighted by molar-refractivity contribution is 6.03. The van der Waals surface area contributed by atoms with Crippen molar-refractivity contribution in [2.45, 2.75) is 108 Å². The monoisotopic (exact) mass is 600 g/mol. The van der Waals surface area contributed by atoms with Crippen LogP contribution >= 0.6 is 0 Å². The number of carbonyl (C=O) groups is 1. The van der Waals surface area contributed by atoms with Crippen LogP contribution in [0.3, 0.4) is 0 Å². The van der Waals surface area contributed by atoms with E-state index in [0.717, 1.165) is 49.0 Å². The minimum atomic E-state index is -0.495. The predicted octanol–water partition coefficient (Wildman–Crippen LogP) is 9.21. The van der Waals surface area contributed by atoms with Crippen molar-refractivity contribution in [3.05, 3.63) is 71.3 Å². The molecule has 2 aromatic carbocycles. The number of benzene rings is 2. The zero-order valence-corrected chi connectivity index (χ0v) is 26.8. The van der Waals surface area contributed by atoms with E-state index < -0.39 is 5.60 Å². The van der Waals surface area contributed by atoms with Gasteiger partial charge in [-0.15, -0.1) is 0 Å². The van der Waals surface area contributed by atoms with Crippen LogP contribution < -0.4 is 0 Å². The maximum atomic E-state index is 13.0. The first-order chi connectivity index (χ1) is 21.8.